The monoisotopic (exact) mass is 287 g/mol. The highest BCUT2D eigenvalue weighted by atomic mass is 16.5. The third-order valence-corrected chi connectivity index (χ3v) is 3.53. The summed E-state index contributed by atoms with van der Waals surface area (Å²) in [5.74, 6) is 0.813. The average Bonchev–Trinajstić information content (AvgIpc) is 2.76. The molecule has 0 saturated carbocycles. The third-order valence-electron chi connectivity index (χ3n) is 3.53. The molecule has 5 heteroatoms. The number of carbonyl (C=O) groups is 1. The van der Waals surface area contributed by atoms with Gasteiger partial charge in [0.2, 0.25) is 0 Å². The van der Waals surface area contributed by atoms with Gasteiger partial charge in [0.1, 0.15) is 5.76 Å². The molecule has 0 atom stereocenters. The molecule has 1 heterocycles. The quantitative estimate of drug-likeness (QED) is 0.939. The topological polar surface area (TPSA) is 58.4 Å². The Morgan fingerprint density at radius 3 is 2.57 bits per heavy atom. The maximum atomic E-state index is 12.0. The van der Waals surface area contributed by atoms with Crippen molar-refractivity contribution in [3.8, 4) is 0 Å². The molecule has 0 spiro atoms. The number of nitrogens with zero attached hydrogens (tertiary/aromatic N) is 2. The van der Waals surface area contributed by atoms with Gasteiger partial charge in [-0.2, -0.15) is 0 Å². The van der Waals surface area contributed by atoms with Crippen LogP contribution < -0.4 is 5.32 Å². The van der Waals surface area contributed by atoms with Crippen LogP contribution in [0.2, 0.25) is 0 Å². The molecule has 0 fully saturated rings. The van der Waals surface area contributed by atoms with Gasteiger partial charge >= 0.3 is 0 Å². The first kappa shape index (κ1) is 15.1. The zero-order valence-corrected chi connectivity index (χ0v) is 13.2. The van der Waals surface area contributed by atoms with E-state index in [4.69, 9.17) is 4.52 Å². The molecule has 1 amide bonds. The summed E-state index contributed by atoms with van der Waals surface area (Å²) in [6, 6.07) is 5.68. The van der Waals surface area contributed by atoms with Crippen LogP contribution in [-0.4, -0.2) is 30.1 Å². The van der Waals surface area contributed by atoms with Gasteiger partial charge in [-0.15, -0.1) is 0 Å². The maximum Gasteiger partial charge on any atom is 0.253 e. The van der Waals surface area contributed by atoms with E-state index in [9.17, 15) is 4.79 Å². The SMILES string of the molecule is Cc1ccc(C(=O)N(C)C)cc1NCc1c(C)noc1C. The average molecular weight is 287 g/mol. The molecular weight excluding hydrogens is 266 g/mol. The Balaban J connectivity index is 2.20. The number of aryl methyl sites for hydroxylation is 3. The lowest BCUT2D eigenvalue weighted by Gasteiger charge is -2.14. The van der Waals surface area contributed by atoms with Gasteiger partial charge in [-0.3, -0.25) is 4.79 Å². The number of nitrogens with one attached hydrogen (secondary N) is 1. The van der Waals surface area contributed by atoms with Gasteiger partial charge < -0.3 is 14.7 Å². The van der Waals surface area contributed by atoms with Crippen LogP contribution >= 0.6 is 0 Å². The van der Waals surface area contributed by atoms with Crippen molar-refractivity contribution in [1.82, 2.24) is 10.1 Å². The Morgan fingerprint density at radius 1 is 1.29 bits per heavy atom. The number of hydrogen-bond donors (Lipinski definition) is 1. The second-order valence-corrected chi connectivity index (χ2v) is 5.39. The lowest BCUT2D eigenvalue weighted by molar-refractivity contribution is 0.0827. The number of hydrogen-bond acceptors (Lipinski definition) is 4. The molecule has 1 N–H and O–H groups in total. The first-order valence-corrected chi connectivity index (χ1v) is 6.88. The second kappa shape index (κ2) is 5.99. The van der Waals surface area contributed by atoms with Crippen LogP contribution in [0.4, 0.5) is 5.69 Å². The van der Waals surface area contributed by atoms with Crippen molar-refractivity contribution in [2.75, 3.05) is 19.4 Å². The lowest BCUT2D eigenvalue weighted by atomic mass is 10.1. The van der Waals surface area contributed by atoms with Gasteiger partial charge in [-0.1, -0.05) is 11.2 Å². The van der Waals surface area contributed by atoms with E-state index in [-0.39, 0.29) is 5.91 Å². The normalized spacial score (nSPS) is 10.5. The zero-order valence-electron chi connectivity index (χ0n) is 13.2. The van der Waals surface area contributed by atoms with Crippen LogP contribution in [0.5, 0.6) is 0 Å². The standard InChI is InChI=1S/C16H21N3O2/c1-10-6-7-13(16(20)19(4)5)8-15(10)17-9-14-11(2)18-21-12(14)3/h6-8,17H,9H2,1-5H3. The van der Waals surface area contributed by atoms with Gasteiger partial charge in [0.25, 0.3) is 5.91 Å². The van der Waals surface area contributed by atoms with Crippen LogP contribution in [0.3, 0.4) is 0 Å². The molecule has 1 aromatic carbocycles. The van der Waals surface area contributed by atoms with Crippen LogP contribution in [0.15, 0.2) is 22.7 Å². The summed E-state index contributed by atoms with van der Waals surface area (Å²) in [5.41, 5.74) is 4.66. The molecule has 0 bridgehead atoms. The highest BCUT2D eigenvalue weighted by Crippen LogP contribution is 2.20. The van der Waals surface area contributed by atoms with Crippen LogP contribution in [0.25, 0.3) is 0 Å². The van der Waals surface area contributed by atoms with E-state index in [0.29, 0.717) is 12.1 Å². The van der Waals surface area contributed by atoms with Gasteiger partial charge in [-0.05, 0) is 38.5 Å². The molecule has 0 aliphatic rings. The van der Waals surface area contributed by atoms with Gasteiger partial charge in [0, 0.05) is 37.5 Å². The van der Waals surface area contributed by atoms with Crippen molar-refractivity contribution in [3.05, 3.63) is 46.3 Å². The fourth-order valence-corrected chi connectivity index (χ4v) is 2.14. The minimum Gasteiger partial charge on any atom is -0.381 e. The number of anilines is 1. The molecule has 2 rings (SSSR count). The van der Waals surface area contributed by atoms with Crippen molar-refractivity contribution in [3.63, 3.8) is 0 Å². The molecule has 0 saturated heterocycles. The Kier molecular flexibility index (Phi) is 4.31. The van der Waals surface area contributed by atoms with Gasteiger partial charge in [0.05, 0.1) is 5.69 Å². The first-order valence-electron chi connectivity index (χ1n) is 6.88. The van der Waals surface area contributed by atoms with E-state index >= 15 is 0 Å². The second-order valence-electron chi connectivity index (χ2n) is 5.39. The molecule has 0 aliphatic heterocycles. The molecule has 0 unspecified atom stereocenters. The van der Waals surface area contributed by atoms with E-state index in [2.05, 4.69) is 10.5 Å². The first-order chi connectivity index (χ1) is 9.90. The largest absolute Gasteiger partial charge is 0.381 e. The van der Waals surface area contributed by atoms with Crippen molar-refractivity contribution in [2.45, 2.75) is 27.3 Å². The van der Waals surface area contributed by atoms with E-state index in [1.165, 1.54) is 0 Å². The Bertz CT molecular complexity index is 640. The molecule has 0 aliphatic carbocycles. The highest BCUT2D eigenvalue weighted by Gasteiger charge is 2.12. The number of carbonyl (C=O) groups excluding carboxylic acids is 1. The van der Waals surface area contributed by atoms with Crippen LogP contribution in [0, 0.1) is 20.8 Å². The predicted octanol–water partition coefficient (Wildman–Crippen LogP) is 2.91. The molecule has 5 nitrogen and oxygen atoms in total. The number of rotatable bonds is 4. The molecular formula is C16H21N3O2. The van der Waals surface area contributed by atoms with Crippen molar-refractivity contribution in [1.29, 1.82) is 0 Å². The van der Waals surface area contributed by atoms with Gasteiger partial charge in [-0.25, -0.2) is 0 Å². The van der Waals surface area contributed by atoms with Gasteiger partial charge in [0.15, 0.2) is 0 Å². The van der Waals surface area contributed by atoms with E-state index in [0.717, 1.165) is 28.3 Å². The number of aromatic nitrogens is 1. The zero-order chi connectivity index (χ0) is 15.6. The summed E-state index contributed by atoms with van der Waals surface area (Å²) in [6.07, 6.45) is 0. The van der Waals surface area contributed by atoms with Crippen molar-refractivity contribution >= 4 is 11.6 Å². The Morgan fingerprint density at radius 2 is 2.00 bits per heavy atom. The summed E-state index contributed by atoms with van der Waals surface area (Å²) in [7, 11) is 3.50. The molecule has 21 heavy (non-hydrogen) atoms. The van der Waals surface area contributed by atoms with E-state index in [1.54, 1.807) is 19.0 Å². The summed E-state index contributed by atoms with van der Waals surface area (Å²) >= 11 is 0. The smallest absolute Gasteiger partial charge is 0.253 e. The maximum absolute atomic E-state index is 12.0. The Labute approximate surface area is 124 Å². The fraction of sp³-hybridized carbons (Fsp3) is 0.375. The highest BCUT2D eigenvalue weighted by molar-refractivity contribution is 5.95. The number of amides is 1. The molecule has 1 aromatic heterocycles. The minimum absolute atomic E-state index is 0.00427. The lowest BCUT2D eigenvalue weighted by Crippen LogP contribution is -2.21. The third kappa shape index (κ3) is 3.24. The van der Waals surface area contributed by atoms with E-state index < -0.39 is 0 Å². The van der Waals surface area contributed by atoms with Crippen molar-refractivity contribution < 1.29 is 9.32 Å². The fourth-order valence-electron chi connectivity index (χ4n) is 2.14. The van der Waals surface area contributed by atoms with Crippen molar-refractivity contribution in [2.24, 2.45) is 0 Å². The van der Waals surface area contributed by atoms with E-state index in [1.807, 2.05) is 39.0 Å². The molecule has 2 aromatic rings. The summed E-state index contributed by atoms with van der Waals surface area (Å²) < 4.78 is 5.16. The summed E-state index contributed by atoms with van der Waals surface area (Å²) in [4.78, 5) is 13.6. The van der Waals surface area contributed by atoms with Crippen LogP contribution in [0.1, 0.15) is 32.9 Å². The minimum atomic E-state index is -0.00427. The summed E-state index contributed by atoms with van der Waals surface area (Å²) in [5, 5.41) is 7.30. The number of benzene rings is 1. The molecule has 112 valence electrons. The van der Waals surface area contributed by atoms with Crippen LogP contribution in [-0.2, 0) is 6.54 Å². The summed E-state index contributed by atoms with van der Waals surface area (Å²) in [6.45, 7) is 6.46. The molecule has 0 radical (unpaired) electrons. The predicted molar refractivity (Wildman–Crippen MR) is 82.5 cm³/mol. The Hall–Kier alpha value is -2.30.